The average Bonchev–Trinajstić information content (AvgIpc) is 3.37. The predicted octanol–water partition coefficient (Wildman–Crippen LogP) is 15.5. The first kappa shape index (κ1) is 72.3. The first-order chi connectivity index (χ1) is 35.8. The molecule has 0 aliphatic heterocycles. The smallest absolute Gasteiger partial charge is 0.0756 e. The molecule has 10 rings (SSSR count). The molecule has 5 aromatic heterocycles. The van der Waals surface area contributed by atoms with Gasteiger partial charge in [-0.15, -0.1) is 54.6 Å². The first-order valence-electron chi connectivity index (χ1n) is 22.1. The van der Waals surface area contributed by atoms with E-state index in [0.29, 0.717) is 34.5 Å². The zero-order valence-corrected chi connectivity index (χ0v) is 53.5. The van der Waals surface area contributed by atoms with Gasteiger partial charge in [0.2, 0.25) is 0 Å². The van der Waals surface area contributed by atoms with Crippen LogP contribution in [0.1, 0.15) is 22.6 Å². The van der Waals surface area contributed by atoms with Crippen LogP contribution in [0.5, 0.6) is 0 Å². The zero-order chi connectivity index (χ0) is 54.2. The minimum absolute atomic E-state index is 0. The van der Waals surface area contributed by atoms with Crippen molar-refractivity contribution in [3.8, 4) is 56.3 Å². The number of benzene rings is 5. The van der Waals surface area contributed by atoms with Crippen LogP contribution in [-0.2, 0) is 101 Å². The number of hydrogen-bond acceptors (Lipinski definition) is 5. The van der Waals surface area contributed by atoms with Gasteiger partial charge in [-0.2, -0.15) is 0 Å². The molecule has 0 N–H and O–H groups in total. The van der Waals surface area contributed by atoms with Crippen LogP contribution in [0, 0.1) is 122 Å². The summed E-state index contributed by atoms with van der Waals surface area (Å²) in [6, 6.07) is 44.2. The van der Waals surface area contributed by atoms with Gasteiger partial charge in [0, 0.05) is 182 Å². The van der Waals surface area contributed by atoms with E-state index in [4.69, 9.17) is 0 Å². The number of aromatic nitrogens is 5. The first-order valence-corrected chi connectivity index (χ1v) is 22.1. The largest absolute Gasteiger partial charge is 0.305 e. The van der Waals surface area contributed by atoms with Gasteiger partial charge in [-0.05, 0) is 86.5 Å². The van der Waals surface area contributed by atoms with Crippen LogP contribution >= 0.6 is 0 Å². The van der Waals surface area contributed by atoms with Gasteiger partial charge in [-0.25, -0.2) is 8.78 Å². The summed E-state index contributed by atoms with van der Waals surface area (Å²) < 4.78 is 143. The van der Waals surface area contributed by atoms with E-state index in [0.717, 1.165) is 65.5 Å². The average molecular weight is 1990 g/mol. The molecule has 0 bridgehead atoms. The predicted molar refractivity (Wildman–Crippen MR) is 261 cm³/mol. The molecule has 0 saturated carbocycles. The fourth-order valence-corrected chi connectivity index (χ4v) is 6.45. The van der Waals surface area contributed by atoms with Crippen LogP contribution in [0.4, 0.5) is 48.3 Å². The SMILES string of the molecule is Cc1cccc(-c2[c-]c(F)c(F)cc2F)n1.Cc1cccc(-c2[c-]c(F)ccc2F)n1.Cc1cccc(-c2[c-]cc(F)cc2F)n1.Cc1ccnc(-c2[c-]cc(F)cc2F)c1.Fc1c[c-]c(-c2ccccn2)c(F)c1.[Ir].[Ir].[Ir].[Ir].[Ir]. The van der Waals surface area contributed by atoms with E-state index in [-0.39, 0.29) is 134 Å². The molecule has 0 aliphatic carbocycles. The second kappa shape index (κ2) is 35.2. The third-order valence-corrected chi connectivity index (χ3v) is 9.90. The van der Waals surface area contributed by atoms with Gasteiger partial charge in [0.15, 0.2) is 0 Å². The molecule has 0 saturated heterocycles. The molecule has 0 unspecified atom stereocenters. The number of aryl methyl sites for hydroxylation is 4. The minimum atomic E-state index is -1.26. The fraction of sp³-hybridized carbons (Fsp3) is 0.0678. The number of pyridine rings is 5. The molecule has 0 aliphatic rings. The van der Waals surface area contributed by atoms with Crippen LogP contribution in [0.2, 0.25) is 0 Å². The van der Waals surface area contributed by atoms with E-state index in [1.54, 1.807) is 93.0 Å². The van der Waals surface area contributed by atoms with Crippen molar-refractivity contribution >= 4 is 0 Å². The van der Waals surface area contributed by atoms with E-state index in [9.17, 15) is 48.3 Å². The summed E-state index contributed by atoms with van der Waals surface area (Å²) in [5.41, 5.74) is 5.66. The Labute approximate surface area is 522 Å². The van der Waals surface area contributed by atoms with Crippen molar-refractivity contribution in [2.45, 2.75) is 27.7 Å². The Morgan fingerprint density at radius 3 is 1.15 bits per heavy atom. The van der Waals surface area contributed by atoms with Crippen molar-refractivity contribution < 1.29 is 149 Å². The molecule has 10 aromatic rings. The molecular weight excluding hydrogens is 1950 g/mol. The van der Waals surface area contributed by atoms with Gasteiger partial charge in [-0.3, -0.25) is 39.5 Å². The van der Waals surface area contributed by atoms with Crippen molar-refractivity contribution in [3.63, 3.8) is 0 Å². The molecule has 0 amide bonds. The summed E-state index contributed by atoms with van der Waals surface area (Å²) in [7, 11) is 0. The van der Waals surface area contributed by atoms with Crippen molar-refractivity contribution in [1.29, 1.82) is 0 Å². The second-order valence-corrected chi connectivity index (χ2v) is 15.7. The third kappa shape index (κ3) is 21.7. The van der Waals surface area contributed by atoms with Gasteiger partial charge in [0.1, 0.15) is 0 Å². The Balaban J connectivity index is 0.000000493. The van der Waals surface area contributed by atoms with Gasteiger partial charge in [0.25, 0.3) is 0 Å². The Hall–Kier alpha value is -5.67. The molecule has 21 heteroatoms. The Kier molecular flexibility index (Phi) is 31.9. The van der Waals surface area contributed by atoms with E-state index in [2.05, 4.69) is 49.2 Å². The molecule has 5 nitrogen and oxygen atoms in total. The molecule has 425 valence electrons. The van der Waals surface area contributed by atoms with E-state index < -0.39 is 64.0 Å². The summed E-state index contributed by atoms with van der Waals surface area (Å²) in [6.45, 7) is 7.21. The molecule has 0 atom stereocenters. The van der Waals surface area contributed by atoms with Crippen molar-refractivity contribution in [2.24, 2.45) is 0 Å². The number of hydrogen-bond donors (Lipinski definition) is 0. The third-order valence-electron chi connectivity index (χ3n) is 9.90. The number of rotatable bonds is 5. The maximum absolute atomic E-state index is 13.4. The maximum atomic E-state index is 13.4. The van der Waals surface area contributed by atoms with E-state index in [1.165, 1.54) is 6.07 Å². The van der Waals surface area contributed by atoms with Gasteiger partial charge >= 0.3 is 0 Å². The fourth-order valence-electron chi connectivity index (χ4n) is 6.45. The maximum Gasteiger partial charge on any atom is 0.0756 e. The van der Waals surface area contributed by atoms with Crippen LogP contribution in [0.15, 0.2) is 152 Å². The zero-order valence-electron chi connectivity index (χ0n) is 41.5. The van der Waals surface area contributed by atoms with Crippen LogP contribution in [0.25, 0.3) is 56.3 Å². The van der Waals surface area contributed by atoms with Crippen molar-refractivity contribution in [1.82, 2.24) is 24.9 Å². The summed E-state index contributed by atoms with van der Waals surface area (Å²) in [4.78, 5) is 20.2. The van der Waals surface area contributed by atoms with Crippen molar-refractivity contribution in [3.05, 3.63) is 269 Å². The quantitative estimate of drug-likeness (QED) is 0.0976. The summed E-state index contributed by atoms with van der Waals surface area (Å²) >= 11 is 0. The Bertz CT molecular complexity index is 3480. The topological polar surface area (TPSA) is 64.5 Å². The summed E-state index contributed by atoms with van der Waals surface area (Å²) in [6.07, 6.45) is 3.13. The van der Waals surface area contributed by atoms with E-state index in [1.807, 2.05) is 32.0 Å². The van der Waals surface area contributed by atoms with Gasteiger partial charge in [0.05, 0.1) is 11.6 Å². The van der Waals surface area contributed by atoms with Crippen LogP contribution < -0.4 is 0 Å². The molecule has 5 radical (unpaired) electrons. The minimum Gasteiger partial charge on any atom is -0.305 e. The van der Waals surface area contributed by atoms with Crippen LogP contribution in [-0.4, -0.2) is 24.9 Å². The van der Waals surface area contributed by atoms with Crippen LogP contribution in [0.3, 0.4) is 0 Å². The molecule has 5 aromatic carbocycles. The van der Waals surface area contributed by atoms with Gasteiger partial charge in [-0.1, -0.05) is 118 Å². The van der Waals surface area contributed by atoms with E-state index >= 15 is 0 Å². The monoisotopic (exact) mass is 1990 g/mol. The Morgan fingerprint density at radius 1 is 0.325 bits per heavy atom. The molecule has 5 heterocycles. The summed E-state index contributed by atoms with van der Waals surface area (Å²) in [5, 5.41) is 0. The number of nitrogens with zero attached hydrogens (tertiary/aromatic N) is 5. The standard InChI is InChI=1S/C12H7F3N.3C12H8F2N.C11H6F2N.5Ir/c1-7-3-2-4-12(16-7)8-5-10(14)11(15)6-9(8)13;1-8-4-5-15-12(6-8)10-3-2-9(13)7-11(10)14;1-8-3-2-4-12(15-8)10-7-9(13)5-6-11(10)14;1-8-3-2-4-12(15-8)10-6-5-9(13)7-11(10)14;12-8-4-5-9(10(13)7-8)11-3-1-2-6-14-11;;;;;/h2-4,6H,1H3;2,4-7H,1H3;2-6H,1H3;2-5,7H,1H3;1-4,6-7H;;;;;/q5*-1;;;;;. The molecule has 0 spiro atoms. The molecular formula is C59H37F11Ir5N5-5. The summed E-state index contributed by atoms with van der Waals surface area (Å²) in [5.74, 6) is -8.30. The van der Waals surface area contributed by atoms with Crippen molar-refractivity contribution in [2.75, 3.05) is 0 Å². The molecule has 0 fully saturated rings. The normalized spacial score (nSPS) is 9.69. The molecule has 80 heavy (non-hydrogen) atoms. The second-order valence-electron chi connectivity index (χ2n) is 15.7. The Morgan fingerprint density at radius 2 is 0.725 bits per heavy atom. The van der Waals surface area contributed by atoms with Gasteiger partial charge < -0.3 is 24.9 Å². The number of halogens is 11.